The van der Waals surface area contributed by atoms with Crippen LogP contribution in [0, 0.1) is 5.82 Å². The lowest BCUT2D eigenvalue weighted by Gasteiger charge is -2.29. The minimum absolute atomic E-state index is 0.255. The van der Waals surface area contributed by atoms with E-state index in [2.05, 4.69) is 16.0 Å². The summed E-state index contributed by atoms with van der Waals surface area (Å²) in [6, 6.07) is 11.6. The number of ether oxygens (including phenoxy) is 1. The third-order valence-electron chi connectivity index (χ3n) is 4.70. The number of carbonyl (C=O) groups is 2. The second-order valence-corrected chi connectivity index (χ2v) is 7.04. The summed E-state index contributed by atoms with van der Waals surface area (Å²) in [5.41, 5.74) is 0.804. The van der Waals surface area contributed by atoms with Crippen LogP contribution in [-0.4, -0.2) is 30.6 Å². The van der Waals surface area contributed by atoms with Crippen molar-refractivity contribution < 1.29 is 18.7 Å². The molecule has 1 heterocycles. The van der Waals surface area contributed by atoms with E-state index in [0.717, 1.165) is 5.56 Å². The lowest BCUT2D eigenvalue weighted by molar-refractivity contribution is -0.121. The third-order valence-corrected chi connectivity index (χ3v) is 4.70. The SMILES string of the molecule is COc1ccc([C@@H]2[C@@H](NC(=O)Nc3ccc(F)cc3)C(=O)NC2(C)C)cc1. The van der Waals surface area contributed by atoms with Crippen LogP contribution in [0.25, 0.3) is 0 Å². The van der Waals surface area contributed by atoms with Crippen molar-refractivity contribution in [2.24, 2.45) is 0 Å². The number of methoxy groups -OCH3 is 1. The van der Waals surface area contributed by atoms with Crippen molar-refractivity contribution in [3.8, 4) is 5.75 Å². The van der Waals surface area contributed by atoms with Crippen LogP contribution in [-0.2, 0) is 4.79 Å². The van der Waals surface area contributed by atoms with Crippen LogP contribution in [0.2, 0.25) is 0 Å². The second-order valence-electron chi connectivity index (χ2n) is 7.04. The van der Waals surface area contributed by atoms with Gasteiger partial charge in [0.15, 0.2) is 0 Å². The summed E-state index contributed by atoms with van der Waals surface area (Å²) in [4.78, 5) is 24.9. The van der Waals surface area contributed by atoms with E-state index in [0.29, 0.717) is 11.4 Å². The number of benzene rings is 2. The zero-order valence-electron chi connectivity index (χ0n) is 15.4. The predicted octanol–water partition coefficient (Wildman–Crippen LogP) is 3.02. The van der Waals surface area contributed by atoms with Gasteiger partial charge < -0.3 is 20.7 Å². The molecule has 27 heavy (non-hydrogen) atoms. The van der Waals surface area contributed by atoms with Crippen molar-refractivity contribution in [1.82, 2.24) is 10.6 Å². The van der Waals surface area contributed by atoms with Crippen molar-refractivity contribution in [3.63, 3.8) is 0 Å². The molecule has 0 spiro atoms. The molecular formula is C20H22FN3O3. The molecule has 3 N–H and O–H groups in total. The van der Waals surface area contributed by atoms with Crippen molar-refractivity contribution in [1.29, 1.82) is 0 Å². The van der Waals surface area contributed by atoms with Crippen molar-refractivity contribution >= 4 is 17.6 Å². The van der Waals surface area contributed by atoms with Crippen LogP contribution in [0.15, 0.2) is 48.5 Å². The minimum atomic E-state index is -0.742. The van der Waals surface area contributed by atoms with E-state index in [9.17, 15) is 14.0 Å². The molecule has 0 bridgehead atoms. The van der Waals surface area contributed by atoms with Gasteiger partial charge in [0.1, 0.15) is 17.6 Å². The maximum absolute atomic E-state index is 13.0. The van der Waals surface area contributed by atoms with Gasteiger partial charge in [-0.25, -0.2) is 9.18 Å². The Hall–Kier alpha value is -3.09. The number of rotatable bonds is 4. The summed E-state index contributed by atoms with van der Waals surface area (Å²) < 4.78 is 18.2. The molecule has 0 unspecified atom stereocenters. The molecule has 2 aromatic carbocycles. The Morgan fingerprint density at radius 2 is 1.74 bits per heavy atom. The number of amides is 3. The highest BCUT2D eigenvalue weighted by Crippen LogP contribution is 2.37. The molecular weight excluding hydrogens is 349 g/mol. The Balaban J connectivity index is 1.79. The number of hydrogen-bond donors (Lipinski definition) is 3. The van der Waals surface area contributed by atoms with Crippen LogP contribution in [0.1, 0.15) is 25.3 Å². The first-order valence-electron chi connectivity index (χ1n) is 8.59. The lowest BCUT2D eigenvalue weighted by atomic mass is 9.80. The van der Waals surface area contributed by atoms with E-state index in [1.807, 2.05) is 38.1 Å². The lowest BCUT2D eigenvalue weighted by Crippen LogP contribution is -2.45. The molecule has 1 aliphatic heterocycles. The number of hydrogen-bond acceptors (Lipinski definition) is 3. The van der Waals surface area contributed by atoms with E-state index < -0.39 is 23.4 Å². The topological polar surface area (TPSA) is 79.5 Å². The maximum atomic E-state index is 13.0. The van der Waals surface area contributed by atoms with Crippen LogP contribution in [0.3, 0.4) is 0 Å². The normalized spacial score (nSPS) is 20.7. The first-order chi connectivity index (χ1) is 12.8. The Morgan fingerprint density at radius 1 is 1.11 bits per heavy atom. The van der Waals surface area contributed by atoms with Gasteiger partial charge in [-0.15, -0.1) is 0 Å². The van der Waals surface area contributed by atoms with Gasteiger partial charge in [-0.05, 0) is 55.8 Å². The summed E-state index contributed by atoms with van der Waals surface area (Å²) in [6.07, 6.45) is 0. The molecule has 0 aliphatic carbocycles. The van der Waals surface area contributed by atoms with Gasteiger partial charge in [-0.3, -0.25) is 4.79 Å². The Labute approximate surface area is 157 Å². The van der Waals surface area contributed by atoms with Crippen LogP contribution in [0.5, 0.6) is 5.75 Å². The van der Waals surface area contributed by atoms with Crippen molar-refractivity contribution in [2.45, 2.75) is 31.3 Å². The molecule has 2 atom stereocenters. The smallest absolute Gasteiger partial charge is 0.319 e. The molecule has 3 amide bonds. The highest BCUT2D eigenvalue weighted by atomic mass is 19.1. The fraction of sp³-hybridized carbons (Fsp3) is 0.300. The summed E-state index contributed by atoms with van der Waals surface area (Å²) >= 11 is 0. The molecule has 7 heteroatoms. The highest BCUT2D eigenvalue weighted by Gasteiger charge is 2.48. The quantitative estimate of drug-likeness (QED) is 0.773. The summed E-state index contributed by atoms with van der Waals surface area (Å²) in [7, 11) is 1.59. The molecule has 6 nitrogen and oxygen atoms in total. The van der Waals surface area contributed by atoms with E-state index in [4.69, 9.17) is 4.74 Å². The number of anilines is 1. The first kappa shape index (κ1) is 18.7. The summed E-state index contributed by atoms with van der Waals surface area (Å²) in [5.74, 6) is -0.199. The van der Waals surface area contributed by atoms with Crippen LogP contribution >= 0.6 is 0 Å². The summed E-state index contributed by atoms with van der Waals surface area (Å²) in [6.45, 7) is 3.83. The van der Waals surface area contributed by atoms with Gasteiger partial charge >= 0.3 is 6.03 Å². The Bertz CT molecular complexity index is 835. The zero-order valence-corrected chi connectivity index (χ0v) is 15.4. The maximum Gasteiger partial charge on any atom is 0.319 e. The van der Waals surface area contributed by atoms with E-state index in [1.165, 1.54) is 24.3 Å². The first-order valence-corrected chi connectivity index (χ1v) is 8.59. The zero-order chi connectivity index (χ0) is 19.6. The highest BCUT2D eigenvalue weighted by molar-refractivity contribution is 5.95. The van der Waals surface area contributed by atoms with Crippen LogP contribution in [0.4, 0.5) is 14.9 Å². The molecule has 0 aromatic heterocycles. The molecule has 3 rings (SSSR count). The van der Waals surface area contributed by atoms with Gasteiger partial charge in [0.05, 0.1) is 7.11 Å². The fourth-order valence-corrected chi connectivity index (χ4v) is 3.45. The van der Waals surface area contributed by atoms with Gasteiger partial charge in [-0.2, -0.15) is 0 Å². The molecule has 1 fully saturated rings. The summed E-state index contributed by atoms with van der Waals surface area (Å²) in [5, 5.41) is 8.29. The van der Waals surface area contributed by atoms with Gasteiger partial charge in [0.2, 0.25) is 5.91 Å². The average molecular weight is 371 g/mol. The second kappa shape index (κ2) is 7.26. The van der Waals surface area contributed by atoms with Gasteiger partial charge in [0.25, 0.3) is 0 Å². The standard InChI is InChI=1S/C20H22FN3O3/c1-20(2)16(12-4-10-15(27-3)11-5-12)17(18(25)24-20)23-19(26)22-14-8-6-13(21)7-9-14/h4-11,16-17H,1-3H3,(H,24,25)(H2,22,23,26)/t16-,17-/m1/s1. The number of nitrogens with one attached hydrogen (secondary N) is 3. The van der Waals surface area contributed by atoms with Gasteiger partial charge in [-0.1, -0.05) is 12.1 Å². The largest absolute Gasteiger partial charge is 0.497 e. The molecule has 0 radical (unpaired) electrons. The molecule has 1 saturated heterocycles. The van der Waals surface area contributed by atoms with Crippen molar-refractivity contribution in [2.75, 3.05) is 12.4 Å². The van der Waals surface area contributed by atoms with Crippen molar-refractivity contribution in [3.05, 3.63) is 59.9 Å². The minimum Gasteiger partial charge on any atom is -0.497 e. The Morgan fingerprint density at radius 3 is 2.33 bits per heavy atom. The third kappa shape index (κ3) is 4.02. The Kier molecular flexibility index (Phi) is 5.03. The molecule has 2 aromatic rings. The number of carbonyl (C=O) groups excluding carboxylic acids is 2. The van der Waals surface area contributed by atoms with Crippen LogP contribution < -0.4 is 20.7 Å². The number of urea groups is 1. The predicted molar refractivity (Wildman–Crippen MR) is 100 cm³/mol. The van der Waals surface area contributed by atoms with Gasteiger partial charge in [0, 0.05) is 17.1 Å². The van der Waals surface area contributed by atoms with E-state index in [-0.39, 0.29) is 11.8 Å². The molecule has 142 valence electrons. The monoisotopic (exact) mass is 371 g/mol. The fourth-order valence-electron chi connectivity index (χ4n) is 3.45. The molecule has 1 aliphatic rings. The van der Waals surface area contributed by atoms with E-state index >= 15 is 0 Å². The average Bonchev–Trinajstić information content (AvgIpc) is 2.85. The van der Waals surface area contributed by atoms with E-state index in [1.54, 1.807) is 7.11 Å². The number of halogens is 1. The molecule has 0 saturated carbocycles.